The van der Waals surface area contributed by atoms with Crippen LogP contribution in [0.25, 0.3) is 0 Å². The maximum Gasteiger partial charge on any atom is 0.243 e. The molecule has 0 saturated heterocycles. The third kappa shape index (κ3) is 7.55. The summed E-state index contributed by atoms with van der Waals surface area (Å²) in [5, 5.41) is 1.98. The Morgan fingerprint density at radius 3 is 2.29 bits per heavy atom. The molecule has 0 radical (unpaired) electrons. The number of sulfonamides is 1. The van der Waals surface area contributed by atoms with Gasteiger partial charge in [-0.1, -0.05) is 19.9 Å². The van der Waals surface area contributed by atoms with Gasteiger partial charge in [0.1, 0.15) is 5.82 Å². The minimum atomic E-state index is -4.00. The topological polar surface area (TPSA) is 76.2 Å². The number of nitrogens with zero attached hydrogens (tertiary/aromatic N) is 2. The van der Waals surface area contributed by atoms with Gasteiger partial charge in [-0.05, 0) is 78.2 Å². The number of benzene rings is 2. The van der Waals surface area contributed by atoms with Crippen LogP contribution in [-0.2, 0) is 27.8 Å². The lowest BCUT2D eigenvalue weighted by Crippen LogP contribution is -2.44. The number of ether oxygens (including phenoxy) is 2. The van der Waals surface area contributed by atoms with E-state index >= 15 is 0 Å². The van der Waals surface area contributed by atoms with Crippen molar-refractivity contribution in [2.45, 2.75) is 38.6 Å². The van der Waals surface area contributed by atoms with Gasteiger partial charge < -0.3 is 14.4 Å². The van der Waals surface area contributed by atoms with Gasteiger partial charge in [0.05, 0.1) is 32.2 Å². The second-order valence-corrected chi connectivity index (χ2v) is 12.4. The number of thiophene rings is 1. The summed E-state index contributed by atoms with van der Waals surface area (Å²) in [6.45, 7) is 6.39. The van der Waals surface area contributed by atoms with E-state index in [0.717, 1.165) is 28.1 Å². The van der Waals surface area contributed by atoms with E-state index in [4.69, 9.17) is 9.47 Å². The summed E-state index contributed by atoms with van der Waals surface area (Å²) in [7, 11) is -0.859. The quantitative estimate of drug-likeness (QED) is 0.289. The van der Waals surface area contributed by atoms with Crippen molar-refractivity contribution in [3.05, 3.63) is 75.7 Å². The minimum Gasteiger partial charge on any atom is -0.493 e. The summed E-state index contributed by atoms with van der Waals surface area (Å²) >= 11 is 1.56. The first kappa shape index (κ1) is 29.6. The molecule has 0 unspecified atom stereocenters. The van der Waals surface area contributed by atoms with E-state index in [0.29, 0.717) is 31.0 Å². The van der Waals surface area contributed by atoms with Crippen LogP contribution < -0.4 is 9.47 Å². The summed E-state index contributed by atoms with van der Waals surface area (Å²) in [5.41, 5.74) is 2.04. The maximum absolute atomic E-state index is 13.7. The molecule has 206 valence electrons. The average Bonchev–Trinajstić information content (AvgIpc) is 3.29. The van der Waals surface area contributed by atoms with Gasteiger partial charge in [0.25, 0.3) is 0 Å². The number of aryl methyl sites for hydroxylation is 1. The number of carbonyl (C=O) groups excluding carboxylic acids is 1. The number of halogens is 1. The van der Waals surface area contributed by atoms with Crippen molar-refractivity contribution < 1.29 is 27.1 Å². The Kier molecular flexibility index (Phi) is 10.3. The summed E-state index contributed by atoms with van der Waals surface area (Å²) in [6.07, 6.45) is 0.547. The van der Waals surface area contributed by atoms with Gasteiger partial charge in [0.15, 0.2) is 11.5 Å². The fourth-order valence-electron chi connectivity index (χ4n) is 3.99. The Balaban J connectivity index is 1.86. The van der Waals surface area contributed by atoms with Crippen molar-refractivity contribution in [3.8, 4) is 11.5 Å². The molecule has 0 aliphatic heterocycles. The Morgan fingerprint density at radius 1 is 1.03 bits per heavy atom. The first-order chi connectivity index (χ1) is 18.0. The van der Waals surface area contributed by atoms with Crippen LogP contribution in [0.15, 0.2) is 58.8 Å². The monoisotopic (exact) mass is 562 g/mol. The van der Waals surface area contributed by atoms with E-state index in [1.165, 1.54) is 16.4 Å². The van der Waals surface area contributed by atoms with Gasteiger partial charge in [0, 0.05) is 18.0 Å². The molecule has 1 aromatic heterocycles. The van der Waals surface area contributed by atoms with Crippen LogP contribution in [0, 0.1) is 18.7 Å². The molecule has 0 bridgehead atoms. The normalized spacial score (nSPS) is 11.7. The number of carbonyl (C=O) groups is 1. The van der Waals surface area contributed by atoms with Gasteiger partial charge in [-0.25, -0.2) is 12.8 Å². The maximum atomic E-state index is 13.7. The molecule has 0 N–H and O–H groups in total. The molecule has 2 aromatic carbocycles. The van der Waals surface area contributed by atoms with Crippen LogP contribution in [0.4, 0.5) is 4.39 Å². The average molecular weight is 563 g/mol. The van der Waals surface area contributed by atoms with Crippen LogP contribution >= 0.6 is 11.3 Å². The minimum absolute atomic E-state index is 0.0159. The summed E-state index contributed by atoms with van der Waals surface area (Å²) in [6, 6.07) is 12.3. The molecule has 0 aliphatic rings. The Bertz CT molecular complexity index is 1320. The number of hydrogen-bond donors (Lipinski definition) is 0. The molecule has 0 fully saturated rings. The van der Waals surface area contributed by atoms with Crippen molar-refractivity contribution in [2.24, 2.45) is 5.92 Å². The first-order valence-electron chi connectivity index (χ1n) is 12.3. The third-order valence-electron chi connectivity index (χ3n) is 6.11. The zero-order chi connectivity index (χ0) is 27.9. The molecule has 0 aliphatic carbocycles. The van der Waals surface area contributed by atoms with Gasteiger partial charge in [-0.2, -0.15) is 4.31 Å². The number of methoxy groups -OCH3 is 2. The molecular weight excluding hydrogens is 527 g/mol. The fourth-order valence-corrected chi connectivity index (χ4v) is 6.47. The van der Waals surface area contributed by atoms with Crippen molar-refractivity contribution in [2.75, 3.05) is 33.9 Å². The summed E-state index contributed by atoms with van der Waals surface area (Å²) in [5.74, 6) is 0.379. The first-order valence-corrected chi connectivity index (χ1v) is 14.6. The summed E-state index contributed by atoms with van der Waals surface area (Å²) < 4.78 is 52.2. The molecule has 1 heterocycles. The zero-order valence-corrected chi connectivity index (χ0v) is 24.1. The van der Waals surface area contributed by atoms with Gasteiger partial charge in [-0.3, -0.25) is 4.79 Å². The van der Waals surface area contributed by atoms with Crippen LogP contribution in [0.1, 0.15) is 29.9 Å². The van der Waals surface area contributed by atoms with Crippen LogP contribution in [0.3, 0.4) is 0 Å². The van der Waals surface area contributed by atoms with Crippen molar-refractivity contribution >= 4 is 27.3 Å². The lowest BCUT2D eigenvalue weighted by molar-refractivity contribution is -0.132. The smallest absolute Gasteiger partial charge is 0.243 e. The van der Waals surface area contributed by atoms with Gasteiger partial charge >= 0.3 is 0 Å². The van der Waals surface area contributed by atoms with E-state index in [1.54, 1.807) is 30.5 Å². The Morgan fingerprint density at radius 2 is 1.71 bits per heavy atom. The molecule has 10 heteroatoms. The molecule has 0 saturated carbocycles. The van der Waals surface area contributed by atoms with Gasteiger partial charge in [-0.15, -0.1) is 11.3 Å². The standard InChI is InChI=1S/C28H35FN2O5S2/c1-20(2)17-31(38(33,34)24-9-7-23(29)8-10-24)19-28(32)30(18-27-21(3)13-15-37-27)14-12-22-6-11-25(35-4)26(16-22)36-5/h6-11,13,15-16,20H,12,14,17-19H2,1-5H3. The van der Waals surface area contributed by atoms with Crippen LogP contribution in [0.5, 0.6) is 11.5 Å². The molecule has 3 rings (SSSR count). The largest absolute Gasteiger partial charge is 0.493 e. The fraction of sp³-hybridized carbons (Fsp3) is 0.393. The van der Waals surface area contributed by atoms with E-state index in [2.05, 4.69) is 0 Å². The molecule has 7 nitrogen and oxygen atoms in total. The lowest BCUT2D eigenvalue weighted by Gasteiger charge is -2.28. The van der Waals surface area contributed by atoms with E-state index < -0.39 is 15.8 Å². The molecular formula is C28H35FN2O5S2. The van der Waals surface area contributed by atoms with Gasteiger partial charge in [0.2, 0.25) is 15.9 Å². The SMILES string of the molecule is COc1ccc(CCN(Cc2sccc2C)C(=O)CN(CC(C)C)S(=O)(=O)c2ccc(F)cc2)cc1OC. The zero-order valence-electron chi connectivity index (χ0n) is 22.4. The Hall–Kier alpha value is -2.95. The number of rotatable bonds is 13. The highest BCUT2D eigenvalue weighted by Crippen LogP contribution is 2.28. The van der Waals surface area contributed by atoms with Crippen molar-refractivity contribution in [3.63, 3.8) is 0 Å². The molecule has 38 heavy (non-hydrogen) atoms. The second kappa shape index (κ2) is 13.2. The molecule has 3 aromatic rings. The van der Waals surface area contributed by atoms with Crippen LogP contribution in [0.2, 0.25) is 0 Å². The molecule has 1 amide bonds. The lowest BCUT2D eigenvalue weighted by atomic mass is 10.1. The Labute approximate surface area is 228 Å². The van der Waals surface area contributed by atoms with E-state index in [1.807, 2.05) is 50.4 Å². The van der Waals surface area contributed by atoms with Crippen molar-refractivity contribution in [1.29, 1.82) is 0 Å². The van der Waals surface area contributed by atoms with E-state index in [9.17, 15) is 17.6 Å². The molecule has 0 spiro atoms. The predicted molar refractivity (Wildman–Crippen MR) is 148 cm³/mol. The predicted octanol–water partition coefficient (Wildman–Crippen LogP) is 5.13. The third-order valence-corrected chi connectivity index (χ3v) is 8.94. The highest BCUT2D eigenvalue weighted by Gasteiger charge is 2.29. The number of hydrogen-bond acceptors (Lipinski definition) is 6. The second-order valence-electron chi connectivity index (χ2n) is 9.43. The highest BCUT2D eigenvalue weighted by molar-refractivity contribution is 7.89. The van der Waals surface area contributed by atoms with Crippen LogP contribution in [-0.4, -0.2) is 57.4 Å². The number of amides is 1. The highest BCUT2D eigenvalue weighted by atomic mass is 32.2. The van der Waals surface area contributed by atoms with Crippen molar-refractivity contribution in [1.82, 2.24) is 9.21 Å². The molecule has 0 atom stereocenters. The summed E-state index contributed by atoms with van der Waals surface area (Å²) in [4.78, 5) is 16.4. The van der Waals surface area contributed by atoms with E-state index in [-0.39, 0.29) is 29.8 Å².